The van der Waals surface area contributed by atoms with E-state index in [9.17, 15) is 19.5 Å². The predicted molar refractivity (Wildman–Crippen MR) is 166 cm³/mol. The third-order valence-electron chi connectivity index (χ3n) is 7.12. The maximum absolute atomic E-state index is 13.1. The van der Waals surface area contributed by atoms with E-state index in [4.69, 9.17) is 0 Å². The van der Waals surface area contributed by atoms with Gasteiger partial charge in [-0.15, -0.1) is 11.3 Å². The Morgan fingerprint density at radius 3 is 2.21 bits per heavy atom. The number of nitrogens with one attached hydrogen (secondary N) is 2. The number of carboxylic acid groups (broad SMARTS) is 1. The first kappa shape index (κ1) is 30.8. The van der Waals surface area contributed by atoms with E-state index in [0.29, 0.717) is 10.7 Å². The van der Waals surface area contributed by atoms with Gasteiger partial charge in [-0.25, -0.2) is 9.97 Å². The highest BCUT2D eigenvalue weighted by atomic mass is 32.1. The van der Waals surface area contributed by atoms with Crippen LogP contribution in [0.3, 0.4) is 0 Å². The number of aromatic nitrogens is 2. The van der Waals surface area contributed by atoms with Crippen molar-refractivity contribution in [1.82, 2.24) is 20.6 Å². The normalized spacial score (nSPS) is 15.8. The Morgan fingerprint density at radius 2 is 1.67 bits per heavy atom. The van der Waals surface area contributed by atoms with Crippen molar-refractivity contribution >= 4 is 34.7 Å². The Morgan fingerprint density at radius 1 is 1.00 bits per heavy atom. The van der Waals surface area contributed by atoms with Crippen molar-refractivity contribution in [2.75, 3.05) is 0 Å². The molecule has 0 saturated carbocycles. The number of thiophene rings is 1. The number of hydrogen-bond donors (Lipinski definition) is 3. The van der Waals surface area contributed by atoms with Crippen molar-refractivity contribution in [3.05, 3.63) is 87.9 Å². The van der Waals surface area contributed by atoms with E-state index in [-0.39, 0.29) is 23.2 Å². The first-order valence-corrected chi connectivity index (χ1v) is 14.8. The molecule has 0 spiro atoms. The third kappa shape index (κ3) is 7.79. The molecule has 3 N–H and O–H groups in total. The number of rotatable bonds is 9. The van der Waals surface area contributed by atoms with Crippen LogP contribution in [0.25, 0.3) is 17.0 Å². The molecule has 0 saturated heterocycles. The highest BCUT2D eigenvalue weighted by Crippen LogP contribution is 2.32. The van der Waals surface area contributed by atoms with Gasteiger partial charge in [0, 0.05) is 34.8 Å². The topological polar surface area (TPSA) is 121 Å². The summed E-state index contributed by atoms with van der Waals surface area (Å²) in [4.78, 5) is 48.2. The van der Waals surface area contributed by atoms with Crippen molar-refractivity contribution in [2.24, 2.45) is 5.41 Å². The predicted octanol–water partition coefficient (Wildman–Crippen LogP) is 5.80. The van der Waals surface area contributed by atoms with Crippen LogP contribution >= 0.6 is 11.3 Å². The molecule has 4 rings (SSSR count). The molecule has 2 heterocycles. The molecule has 0 radical (unpaired) electrons. The molecule has 1 aromatic carbocycles. The average molecular weight is 587 g/mol. The van der Waals surface area contributed by atoms with Gasteiger partial charge in [0.15, 0.2) is 5.82 Å². The van der Waals surface area contributed by atoms with Crippen LogP contribution < -0.4 is 10.6 Å². The second-order valence-electron chi connectivity index (χ2n) is 12.4. The van der Waals surface area contributed by atoms with Gasteiger partial charge in [0.1, 0.15) is 12.1 Å². The van der Waals surface area contributed by atoms with Gasteiger partial charge in [-0.2, -0.15) is 0 Å². The Balaban J connectivity index is 1.48. The van der Waals surface area contributed by atoms with Crippen LogP contribution in [0.15, 0.2) is 67.0 Å². The summed E-state index contributed by atoms with van der Waals surface area (Å²) >= 11 is 1.38. The maximum Gasteiger partial charge on any atom is 0.325 e. The number of benzene rings is 1. The standard InChI is InChI=1S/C33H38N4O4S/c1-20(31(40)41)36-29(38)25(37-30(39)26-11-12-27(42-26)32(2,3)4)17-21-7-9-23(10-8-21)28-34-18-24(19-35-28)22-13-15-33(5,6)16-14-22/h7-15,18-20,25H,16-17H2,1-6H3,(H,36,38)(H,37,39)(H,40,41)/t20-,25+/m1/s1. The minimum absolute atomic E-state index is 0.107. The van der Waals surface area contributed by atoms with Gasteiger partial charge in [0.25, 0.3) is 5.91 Å². The minimum Gasteiger partial charge on any atom is -0.480 e. The van der Waals surface area contributed by atoms with Gasteiger partial charge < -0.3 is 15.7 Å². The highest BCUT2D eigenvalue weighted by Gasteiger charge is 2.26. The number of amides is 2. The summed E-state index contributed by atoms with van der Waals surface area (Å²) in [5.41, 5.74) is 3.73. The lowest BCUT2D eigenvalue weighted by Gasteiger charge is -2.22. The zero-order valence-electron chi connectivity index (χ0n) is 24.9. The second kappa shape index (κ2) is 12.4. The Labute approximate surface area is 251 Å². The van der Waals surface area contributed by atoms with Gasteiger partial charge in [-0.1, -0.05) is 77.1 Å². The molecule has 9 heteroatoms. The molecule has 0 bridgehead atoms. The first-order chi connectivity index (χ1) is 19.7. The molecule has 2 atom stereocenters. The van der Waals surface area contributed by atoms with Crippen molar-refractivity contribution < 1.29 is 19.5 Å². The van der Waals surface area contributed by atoms with E-state index in [2.05, 4.69) is 73.4 Å². The number of nitrogens with zero attached hydrogens (tertiary/aromatic N) is 2. The summed E-state index contributed by atoms with van der Waals surface area (Å²) in [6, 6.07) is 9.06. The van der Waals surface area contributed by atoms with Crippen LogP contribution in [0.5, 0.6) is 0 Å². The van der Waals surface area contributed by atoms with Crippen LogP contribution in [0.1, 0.15) is 73.6 Å². The first-order valence-electron chi connectivity index (χ1n) is 14.0. The maximum atomic E-state index is 13.1. The molecule has 2 aromatic heterocycles. The molecule has 42 heavy (non-hydrogen) atoms. The molecule has 8 nitrogen and oxygen atoms in total. The summed E-state index contributed by atoms with van der Waals surface area (Å²) in [5, 5.41) is 14.6. The zero-order valence-corrected chi connectivity index (χ0v) is 25.7. The second-order valence-corrected chi connectivity index (χ2v) is 13.5. The molecule has 3 aromatic rings. The molecule has 0 unspecified atom stereocenters. The molecule has 0 aliphatic heterocycles. The molecular weight excluding hydrogens is 548 g/mol. The number of hydrogen-bond acceptors (Lipinski definition) is 6. The van der Waals surface area contributed by atoms with Crippen LogP contribution in [0, 0.1) is 5.41 Å². The molecule has 220 valence electrons. The van der Waals surface area contributed by atoms with E-state index < -0.39 is 24.0 Å². The van der Waals surface area contributed by atoms with E-state index in [0.717, 1.165) is 33.6 Å². The minimum atomic E-state index is -1.16. The zero-order chi connectivity index (χ0) is 30.7. The van der Waals surface area contributed by atoms with Crippen molar-refractivity contribution in [3.8, 4) is 11.4 Å². The Bertz CT molecular complexity index is 1510. The summed E-state index contributed by atoms with van der Waals surface area (Å²) in [6.45, 7) is 12.0. The van der Waals surface area contributed by atoms with Crippen LogP contribution in [-0.4, -0.2) is 44.9 Å². The van der Waals surface area contributed by atoms with Gasteiger partial charge in [0.2, 0.25) is 5.91 Å². The molecule has 0 fully saturated rings. The van der Waals surface area contributed by atoms with E-state index in [1.54, 1.807) is 6.07 Å². The summed E-state index contributed by atoms with van der Waals surface area (Å²) in [5.74, 6) is -1.52. The van der Waals surface area contributed by atoms with Crippen molar-refractivity contribution in [3.63, 3.8) is 0 Å². The van der Waals surface area contributed by atoms with E-state index in [1.165, 1.54) is 18.3 Å². The number of aliphatic carboxylic acids is 1. The lowest BCUT2D eigenvalue weighted by atomic mass is 9.83. The fourth-order valence-corrected chi connectivity index (χ4v) is 5.33. The summed E-state index contributed by atoms with van der Waals surface area (Å²) in [6.07, 6.45) is 11.3. The summed E-state index contributed by atoms with van der Waals surface area (Å²) in [7, 11) is 0. The smallest absolute Gasteiger partial charge is 0.325 e. The van der Waals surface area contributed by atoms with E-state index in [1.807, 2.05) is 42.7 Å². The number of carbonyl (C=O) groups excluding carboxylic acids is 2. The molecule has 1 aliphatic rings. The van der Waals surface area contributed by atoms with Crippen LogP contribution in [-0.2, 0) is 21.4 Å². The van der Waals surface area contributed by atoms with Crippen LogP contribution in [0.4, 0.5) is 0 Å². The Hall–Kier alpha value is -4.11. The lowest BCUT2D eigenvalue weighted by Crippen LogP contribution is -2.51. The van der Waals surface area contributed by atoms with Gasteiger partial charge >= 0.3 is 5.97 Å². The molecule has 1 aliphatic carbocycles. The Kier molecular flexibility index (Phi) is 9.11. The highest BCUT2D eigenvalue weighted by molar-refractivity contribution is 7.14. The number of carbonyl (C=O) groups is 3. The molecular formula is C33H38N4O4S. The quantitative estimate of drug-likeness (QED) is 0.291. The van der Waals surface area contributed by atoms with E-state index >= 15 is 0 Å². The molecule has 2 amide bonds. The van der Waals surface area contributed by atoms with Crippen LogP contribution in [0.2, 0.25) is 0 Å². The third-order valence-corrected chi connectivity index (χ3v) is 8.63. The summed E-state index contributed by atoms with van der Waals surface area (Å²) < 4.78 is 0. The van der Waals surface area contributed by atoms with Gasteiger partial charge in [-0.05, 0) is 47.4 Å². The largest absolute Gasteiger partial charge is 0.480 e. The fourth-order valence-electron chi connectivity index (χ4n) is 4.37. The van der Waals surface area contributed by atoms with Gasteiger partial charge in [0.05, 0.1) is 4.88 Å². The van der Waals surface area contributed by atoms with Crippen molar-refractivity contribution in [2.45, 2.75) is 71.9 Å². The SMILES string of the molecule is C[C@@H](NC(=O)[C@H](Cc1ccc(-c2ncc(C3=CCC(C)(C)C=C3)cn2)cc1)NC(=O)c1ccc(C(C)(C)C)s1)C(=O)O. The van der Waals surface area contributed by atoms with Gasteiger partial charge in [-0.3, -0.25) is 14.4 Å². The monoisotopic (exact) mass is 586 g/mol. The number of carboxylic acids is 1. The van der Waals surface area contributed by atoms with Crippen molar-refractivity contribution in [1.29, 1.82) is 0 Å². The fraction of sp³-hybridized carbons (Fsp3) is 0.364. The number of allylic oxidation sites excluding steroid dienone is 4. The lowest BCUT2D eigenvalue weighted by molar-refractivity contribution is -0.141. The average Bonchev–Trinajstić information content (AvgIpc) is 3.45.